The summed E-state index contributed by atoms with van der Waals surface area (Å²) in [7, 11) is 0.0124. The van der Waals surface area contributed by atoms with E-state index in [2.05, 4.69) is 12.4 Å². The first-order valence-corrected chi connectivity index (χ1v) is 12.2. The second kappa shape index (κ2) is 9.91. The van der Waals surface area contributed by atoms with E-state index in [1.54, 1.807) is 12.1 Å². The Morgan fingerprint density at radius 1 is 1.14 bits per heavy atom. The molecule has 0 spiro atoms. The van der Waals surface area contributed by atoms with Crippen LogP contribution in [-0.2, 0) is 14.8 Å². The molecule has 1 unspecified atom stereocenters. The van der Waals surface area contributed by atoms with Crippen LogP contribution in [0.3, 0.4) is 0 Å². The number of carbonyl (C=O) groups is 1. The molecule has 1 aliphatic carbocycles. The van der Waals surface area contributed by atoms with Crippen LogP contribution in [0.15, 0.2) is 23.1 Å². The van der Waals surface area contributed by atoms with Gasteiger partial charge in [-0.3, -0.25) is 4.79 Å². The normalized spacial score (nSPS) is 20.2. The molecular weight excluding hydrogens is 390 g/mol. The van der Waals surface area contributed by atoms with Gasteiger partial charge >= 0.3 is 0 Å². The van der Waals surface area contributed by atoms with Crippen molar-refractivity contribution in [1.29, 1.82) is 0 Å². The molecule has 7 nitrogen and oxygen atoms in total. The number of hydrogen-bond donors (Lipinski definition) is 2. The maximum absolute atomic E-state index is 13.0. The maximum Gasteiger partial charge on any atom is 0.279 e. The lowest BCUT2D eigenvalue weighted by Gasteiger charge is -2.28. The van der Waals surface area contributed by atoms with Gasteiger partial charge in [0, 0.05) is 13.1 Å². The Morgan fingerprint density at radius 2 is 1.79 bits per heavy atom. The number of hydrogen-bond acceptors (Lipinski definition) is 4. The van der Waals surface area contributed by atoms with Gasteiger partial charge in [-0.15, -0.1) is 0 Å². The van der Waals surface area contributed by atoms with E-state index in [0.29, 0.717) is 37.1 Å². The SMILES string of the molecule is COc1ccc(S(=O)(=O)N2CCCCC2)cc1NC(=O)C[NH+](C)C1CCCCC1. The first kappa shape index (κ1) is 22.1. The lowest BCUT2D eigenvalue weighted by atomic mass is 9.94. The highest BCUT2D eigenvalue weighted by Crippen LogP contribution is 2.29. The van der Waals surface area contributed by atoms with Gasteiger partial charge in [-0.1, -0.05) is 12.8 Å². The Kier molecular flexibility index (Phi) is 7.54. The Morgan fingerprint density at radius 3 is 2.45 bits per heavy atom. The number of likely N-dealkylation sites (N-methyl/N-ethyl adjacent to an activating group) is 1. The third kappa shape index (κ3) is 5.49. The number of piperidine rings is 1. The predicted molar refractivity (Wildman–Crippen MR) is 113 cm³/mol. The molecule has 3 rings (SSSR count). The van der Waals surface area contributed by atoms with E-state index in [-0.39, 0.29) is 10.8 Å². The second-order valence-electron chi connectivity index (χ2n) is 8.23. The van der Waals surface area contributed by atoms with Crippen LogP contribution in [-0.4, -0.2) is 58.5 Å². The monoisotopic (exact) mass is 424 g/mol. The van der Waals surface area contributed by atoms with Gasteiger partial charge in [0.25, 0.3) is 5.91 Å². The van der Waals surface area contributed by atoms with Crippen LogP contribution in [0.1, 0.15) is 51.4 Å². The summed E-state index contributed by atoms with van der Waals surface area (Å²) in [5.74, 6) is 0.338. The Balaban J connectivity index is 1.72. The van der Waals surface area contributed by atoms with E-state index in [9.17, 15) is 13.2 Å². The number of quaternary nitrogens is 1. The lowest BCUT2D eigenvalue weighted by molar-refractivity contribution is -0.899. The van der Waals surface area contributed by atoms with Crippen LogP contribution in [0.4, 0.5) is 5.69 Å². The largest absolute Gasteiger partial charge is 0.495 e. The highest BCUT2D eigenvalue weighted by atomic mass is 32.2. The number of nitrogens with one attached hydrogen (secondary N) is 2. The minimum absolute atomic E-state index is 0.126. The van der Waals surface area contributed by atoms with Crippen LogP contribution in [0, 0.1) is 0 Å². The third-order valence-electron chi connectivity index (χ3n) is 6.14. The molecule has 162 valence electrons. The Hall–Kier alpha value is -1.64. The van der Waals surface area contributed by atoms with Crippen molar-refractivity contribution in [3.05, 3.63) is 18.2 Å². The standard InChI is InChI=1S/C21H33N3O4S/c1-23(17-9-5-3-6-10-17)16-21(25)22-19-15-18(11-12-20(19)28-2)29(26,27)24-13-7-4-8-14-24/h11-12,15,17H,3-10,13-14,16H2,1-2H3,(H,22,25)/p+1. The smallest absolute Gasteiger partial charge is 0.279 e. The number of anilines is 1. The van der Waals surface area contributed by atoms with Gasteiger partial charge in [0.2, 0.25) is 10.0 Å². The van der Waals surface area contributed by atoms with Crippen molar-refractivity contribution in [1.82, 2.24) is 4.31 Å². The van der Waals surface area contributed by atoms with Gasteiger partial charge in [-0.2, -0.15) is 4.31 Å². The molecule has 1 amide bonds. The van der Waals surface area contributed by atoms with Crippen molar-refractivity contribution in [3.8, 4) is 5.75 Å². The third-order valence-corrected chi connectivity index (χ3v) is 8.03. The predicted octanol–water partition coefficient (Wildman–Crippen LogP) is 1.66. The molecule has 1 saturated heterocycles. The molecule has 29 heavy (non-hydrogen) atoms. The van der Waals surface area contributed by atoms with E-state index in [1.165, 1.54) is 41.6 Å². The van der Waals surface area contributed by atoms with Crippen molar-refractivity contribution in [3.63, 3.8) is 0 Å². The topological polar surface area (TPSA) is 80.2 Å². The summed E-state index contributed by atoms with van der Waals surface area (Å²) in [6.07, 6.45) is 8.89. The van der Waals surface area contributed by atoms with Crippen molar-refractivity contribution in [2.45, 2.75) is 62.3 Å². The second-order valence-corrected chi connectivity index (χ2v) is 10.2. The van der Waals surface area contributed by atoms with Crippen LogP contribution in [0.5, 0.6) is 5.75 Å². The molecule has 0 aromatic heterocycles. The summed E-state index contributed by atoms with van der Waals surface area (Å²) in [5, 5.41) is 2.88. The molecule has 8 heteroatoms. The number of carbonyl (C=O) groups excluding carboxylic acids is 1. The van der Waals surface area contributed by atoms with Crippen LogP contribution in [0.2, 0.25) is 0 Å². The quantitative estimate of drug-likeness (QED) is 0.698. The summed E-state index contributed by atoms with van der Waals surface area (Å²) in [6, 6.07) is 5.21. The minimum atomic E-state index is -3.56. The van der Waals surface area contributed by atoms with Gasteiger partial charge < -0.3 is 15.0 Å². The highest BCUT2D eigenvalue weighted by molar-refractivity contribution is 7.89. The lowest BCUT2D eigenvalue weighted by Crippen LogP contribution is -3.14. The van der Waals surface area contributed by atoms with Gasteiger partial charge in [0.05, 0.1) is 30.8 Å². The maximum atomic E-state index is 13.0. The molecule has 1 aliphatic heterocycles. The number of nitrogens with zero attached hydrogens (tertiary/aromatic N) is 1. The molecule has 2 aliphatic rings. The first-order valence-electron chi connectivity index (χ1n) is 10.7. The fraction of sp³-hybridized carbons (Fsp3) is 0.667. The minimum Gasteiger partial charge on any atom is -0.495 e. The fourth-order valence-corrected chi connectivity index (χ4v) is 5.93. The number of amides is 1. The van der Waals surface area contributed by atoms with Crippen molar-refractivity contribution in [2.24, 2.45) is 0 Å². The molecule has 1 aromatic carbocycles. The number of ether oxygens (including phenoxy) is 1. The van der Waals surface area contributed by atoms with Gasteiger partial charge in [-0.05, 0) is 56.7 Å². The summed E-state index contributed by atoms with van der Waals surface area (Å²) in [4.78, 5) is 14.1. The molecule has 0 radical (unpaired) electrons. The number of rotatable bonds is 7. The fourth-order valence-electron chi connectivity index (χ4n) is 4.39. The molecular formula is C21H34N3O4S+. The Bertz CT molecular complexity index is 800. The van der Waals surface area contributed by atoms with E-state index in [1.807, 2.05) is 0 Å². The number of sulfonamides is 1. The number of benzene rings is 1. The summed E-state index contributed by atoms with van der Waals surface area (Å²) >= 11 is 0. The van der Waals surface area contributed by atoms with Crippen LogP contribution < -0.4 is 15.0 Å². The molecule has 1 atom stereocenters. The van der Waals surface area contributed by atoms with E-state index in [0.717, 1.165) is 32.1 Å². The van der Waals surface area contributed by atoms with Gasteiger partial charge in [0.15, 0.2) is 6.54 Å². The molecule has 2 N–H and O–H groups in total. The zero-order chi connectivity index (χ0) is 20.9. The van der Waals surface area contributed by atoms with Crippen molar-refractivity contribution >= 4 is 21.6 Å². The average Bonchev–Trinajstić information content (AvgIpc) is 2.74. The van der Waals surface area contributed by atoms with Gasteiger partial charge in [-0.25, -0.2) is 8.42 Å². The van der Waals surface area contributed by atoms with Crippen molar-refractivity contribution < 1.29 is 22.8 Å². The molecule has 1 heterocycles. The summed E-state index contributed by atoms with van der Waals surface area (Å²) in [6.45, 7) is 1.45. The van der Waals surface area contributed by atoms with Crippen molar-refractivity contribution in [2.75, 3.05) is 39.1 Å². The first-order chi connectivity index (χ1) is 13.9. The average molecular weight is 425 g/mol. The summed E-state index contributed by atoms with van der Waals surface area (Å²) < 4.78 is 32.8. The molecule has 2 fully saturated rings. The van der Waals surface area contributed by atoms with Crippen LogP contribution in [0.25, 0.3) is 0 Å². The molecule has 1 aromatic rings. The van der Waals surface area contributed by atoms with Gasteiger partial charge in [0.1, 0.15) is 5.75 Å². The zero-order valence-corrected chi connectivity index (χ0v) is 18.4. The van der Waals surface area contributed by atoms with E-state index in [4.69, 9.17) is 4.74 Å². The molecule has 0 bridgehead atoms. The summed E-state index contributed by atoms with van der Waals surface area (Å²) in [5.41, 5.74) is 0.409. The van der Waals surface area contributed by atoms with E-state index < -0.39 is 10.0 Å². The van der Waals surface area contributed by atoms with E-state index >= 15 is 0 Å². The number of methoxy groups -OCH3 is 1. The zero-order valence-electron chi connectivity index (χ0n) is 17.6. The highest BCUT2D eigenvalue weighted by Gasteiger charge is 2.28. The van der Waals surface area contributed by atoms with Crippen LogP contribution >= 0.6 is 0 Å². The Labute approximate surface area is 174 Å². The molecule has 1 saturated carbocycles.